The van der Waals surface area contributed by atoms with Gasteiger partial charge >= 0.3 is 5.97 Å². The molecule has 0 radical (unpaired) electrons. The fourth-order valence-corrected chi connectivity index (χ4v) is 3.58. The molecular formula is C14H16ClN3O2. The van der Waals surface area contributed by atoms with Gasteiger partial charge in [0.2, 0.25) is 0 Å². The lowest BCUT2D eigenvalue weighted by Gasteiger charge is -2.15. The van der Waals surface area contributed by atoms with E-state index < -0.39 is 5.97 Å². The summed E-state index contributed by atoms with van der Waals surface area (Å²) in [4.78, 5) is 15.8. The van der Waals surface area contributed by atoms with E-state index in [1.165, 1.54) is 17.4 Å². The van der Waals surface area contributed by atoms with Gasteiger partial charge in [-0.2, -0.15) is 5.10 Å². The molecule has 0 bridgehead atoms. The van der Waals surface area contributed by atoms with Gasteiger partial charge in [-0.1, -0.05) is 24.4 Å². The predicted molar refractivity (Wildman–Crippen MR) is 75.6 cm³/mol. The molecule has 0 aliphatic heterocycles. The van der Waals surface area contributed by atoms with Crippen LogP contribution in [-0.2, 0) is 0 Å². The van der Waals surface area contributed by atoms with Crippen molar-refractivity contribution in [1.82, 2.24) is 14.6 Å². The van der Waals surface area contributed by atoms with Crippen molar-refractivity contribution in [3.05, 3.63) is 27.7 Å². The minimum atomic E-state index is -1.02. The lowest BCUT2D eigenvalue weighted by Crippen LogP contribution is -2.07. The molecule has 1 aliphatic carbocycles. The number of aryl methyl sites for hydroxylation is 2. The molecule has 1 N–H and O–H groups in total. The van der Waals surface area contributed by atoms with E-state index >= 15 is 0 Å². The van der Waals surface area contributed by atoms with Crippen molar-refractivity contribution in [2.24, 2.45) is 0 Å². The number of aromatic carboxylic acids is 1. The van der Waals surface area contributed by atoms with Gasteiger partial charge in [0.15, 0.2) is 5.65 Å². The van der Waals surface area contributed by atoms with Crippen molar-refractivity contribution in [2.45, 2.75) is 45.4 Å². The van der Waals surface area contributed by atoms with E-state index in [1.54, 1.807) is 6.92 Å². The number of carboxylic acid groups (broad SMARTS) is 1. The summed E-state index contributed by atoms with van der Waals surface area (Å²) in [6.07, 6.45) is 4.63. The standard InChI is InChI=1S/C14H16ClN3O2/c1-7-10(9-5-3-4-6-9)12(15)18-13(16-7)11(14(19)20)8(2)17-18/h9H,3-6H2,1-2H3,(H,19,20). The van der Waals surface area contributed by atoms with Gasteiger partial charge in [0, 0.05) is 11.3 Å². The molecule has 2 aromatic heterocycles. The topological polar surface area (TPSA) is 67.5 Å². The van der Waals surface area contributed by atoms with Crippen molar-refractivity contribution in [2.75, 3.05) is 0 Å². The zero-order valence-electron chi connectivity index (χ0n) is 11.5. The van der Waals surface area contributed by atoms with Gasteiger partial charge in [0.1, 0.15) is 10.7 Å². The molecule has 106 valence electrons. The van der Waals surface area contributed by atoms with E-state index in [9.17, 15) is 9.90 Å². The molecule has 0 spiro atoms. The van der Waals surface area contributed by atoms with Crippen LogP contribution >= 0.6 is 11.6 Å². The van der Waals surface area contributed by atoms with Crippen LogP contribution in [0.4, 0.5) is 0 Å². The van der Waals surface area contributed by atoms with Crippen LogP contribution in [0.15, 0.2) is 0 Å². The fourth-order valence-electron chi connectivity index (χ4n) is 3.17. The Labute approximate surface area is 121 Å². The average molecular weight is 294 g/mol. The maximum Gasteiger partial charge on any atom is 0.341 e. The van der Waals surface area contributed by atoms with E-state index in [4.69, 9.17) is 11.6 Å². The Morgan fingerprint density at radius 2 is 1.95 bits per heavy atom. The summed E-state index contributed by atoms with van der Waals surface area (Å²) in [6, 6.07) is 0. The van der Waals surface area contributed by atoms with Crippen molar-refractivity contribution in [3.8, 4) is 0 Å². The van der Waals surface area contributed by atoms with Gasteiger partial charge in [-0.3, -0.25) is 0 Å². The first-order valence-corrected chi connectivity index (χ1v) is 7.17. The van der Waals surface area contributed by atoms with Crippen LogP contribution in [0, 0.1) is 13.8 Å². The summed E-state index contributed by atoms with van der Waals surface area (Å²) in [5, 5.41) is 14.0. The predicted octanol–water partition coefficient (Wildman–Crippen LogP) is 3.36. The molecule has 0 atom stereocenters. The van der Waals surface area contributed by atoms with Crippen LogP contribution in [0.1, 0.15) is 58.9 Å². The number of carbonyl (C=O) groups is 1. The highest BCUT2D eigenvalue weighted by Crippen LogP contribution is 2.39. The van der Waals surface area contributed by atoms with E-state index in [1.807, 2.05) is 6.92 Å². The smallest absolute Gasteiger partial charge is 0.341 e. The zero-order valence-corrected chi connectivity index (χ0v) is 12.2. The van der Waals surface area contributed by atoms with Crippen LogP contribution in [0.3, 0.4) is 0 Å². The molecule has 2 aromatic rings. The van der Waals surface area contributed by atoms with Crippen LogP contribution in [0.5, 0.6) is 0 Å². The Hall–Kier alpha value is -1.62. The highest BCUT2D eigenvalue weighted by Gasteiger charge is 2.27. The SMILES string of the molecule is Cc1nc2c(C(=O)O)c(C)nn2c(Cl)c1C1CCCC1. The van der Waals surface area contributed by atoms with E-state index in [2.05, 4.69) is 10.1 Å². The minimum absolute atomic E-state index is 0.132. The number of halogens is 1. The maximum absolute atomic E-state index is 11.3. The molecule has 1 aliphatic rings. The first kappa shape index (κ1) is 13.4. The van der Waals surface area contributed by atoms with E-state index in [0.717, 1.165) is 24.1 Å². The summed E-state index contributed by atoms with van der Waals surface area (Å²) in [7, 11) is 0. The number of carboxylic acids is 1. The number of fused-ring (bicyclic) bond motifs is 1. The lowest BCUT2D eigenvalue weighted by molar-refractivity contribution is 0.0698. The second-order valence-corrected chi connectivity index (χ2v) is 5.74. The third-order valence-corrected chi connectivity index (χ3v) is 4.45. The van der Waals surface area contributed by atoms with Crippen LogP contribution in [0.2, 0.25) is 5.15 Å². The molecule has 5 nitrogen and oxygen atoms in total. The Balaban J connectivity index is 2.28. The summed E-state index contributed by atoms with van der Waals surface area (Å²) < 4.78 is 1.47. The molecule has 0 saturated heterocycles. The fraction of sp³-hybridized carbons (Fsp3) is 0.500. The number of hydrogen-bond acceptors (Lipinski definition) is 3. The zero-order chi connectivity index (χ0) is 14.4. The molecule has 0 aromatic carbocycles. The minimum Gasteiger partial charge on any atom is -0.477 e. The summed E-state index contributed by atoms with van der Waals surface area (Å²) >= 11 is 6.48. The molecule has 3 rings (SSSR count). The van der Waals surface area contributed by atoms with Crippen molar-refractivity contribution in [3.63, 3.8) is 0 Å². The molecule has 0 amide bonds. The Bertz CT molecular complexity index is 702. The molecule has 1 saturated carbocycles. The average Bonchev–Trinajstić information content (AvgIpc) is 2.96. The van der Waals surface area contributed by atoms with Gasteiger partial charge < -0.3 is 5.11 Å². The summed E-state index contributed by atoms with van der Waals surface area (Å²) in [5.74, 6) is -0.605. The van der Waals surface area contributed by atoms with Gasteiger partial charge in [-0.15, -0.1) is 0 Å². The monoisotopic (exact) mass is 293 g/mol. The number of rotatable bonds is 2. The number of aromatic nitrogens is 3. The second kappa shape index (κ2) is 4.74. The van der Waals surface area contributed by atoms with Crippen molar-refractivity contribution >= 4 is 23.2 Å². The Morgan fingerprint density at radius 1 is 1.30 bits per heavy atom. The summed E-state index contributed by atoms with van der Waals surface area (Å²) in [6.45, 7) is 3.56. The summed E-state index contributed by atoms with van der Waals surface area (Å²) in [5.41, 5.74) is 2.75. The first-order valence-electron chi connectivity index (χ1n) is 6.79. The molecule has 6 heteroatoms. The molecule has 2 heterocycles. The largest absolute Gasteiger partial charge is 0.477 e. The third-order valence-electron chi connectivity index (χ3n) is 4.08. The van der Waals surface area contributed by atoms with Crippen LogP contribution in [0.25, 0.3) is 5.65 Å². The van der Waals surface area contributed by atoms with Crippen LogP contribution < -0.4 is 0 Å². The Morgan fingerprint density at radius 3 is 2.55 bits per heavy atom. The third kappa shape index (κ3) is 1.88. The lowest BCUT2D eigenvalue weighted by atomic mass is 9.98. The van der Waals surface area contributed by atoms with E-state index in [0.29, 0.717) is 22.4 Å². The molecular weight excluding hydrogens is 278 g/mol. The number of nitrogens with zero attached hydrogens (tertiary/aromatic N) is 3. The van der Waals surface area contributed by atoms with Crippen molar-refractivity contribution in [1.29, 1.82) is 0 Å². The molecule has 20 heavy (non-hydrogen) atoms. The maximum atomic E-state index is 11.3. The van der Waals surface area contributed by atoms with Gasteiger partial charge in [0.05, 0.1) is 5.69 Å². The molecule has 1 fully saturated rings. The Kier molecular flexibility index (Phi) is 3.17. The van der Waals surface area contributed by atoms with Crippen LogP contribution in [-0.4, -0.2) is 25.7 Å². The normalized spacial score (nSPS) is 16.1. The van der Waals surface area contributed by atoms with Gasteiger partial charge in [0.25, 0.3) is 0 Å². The van der Waals surface area contributed by atoms with E-state index in [-0.39, 0.29) is 5.56 Å². The van der Waals surface area contributed by atoms with Crippen molar-refractivity contribution < 1.29 is 9.90 Å². The quantitative estimate of drug-likeness (QED) is 0.862. The van der Waals surface area contributed by atoms with Gasteiger partial charge in [-0.25, -0.2) is 14.3 Å². The molecule has 0 unspecified atom stereocenters. The number of hydrogen-bond donors (Lipinski definition) is 1. The first-order chi connectivity index (χ1) is 9.50. The second-order valence-electron chi connectivity index (χ2n) is 5.38. The highest BCUT2D eigenvalue weighted by molar-refractivity contribution is 6.30. The highest BCUT2D eigenvalue weighted by atomic mass is 35.5. The van der Waals surface area contributed by atoms with Gasteiger partial charge in [-0.05, 0) is 32.6 Å².